The van der Waals surface area contributed by atoms with Crippen LogP contribution in [0.4, 0.5) is 0 Å². The van der Waals surface area contributed by atoms with E-state index in [2.05, 4.69) is 10.6 Å². The van der Waals surface area contributed by atoms with Crippen LogP contribution in [-0.4, -0.2) is 60.2 Å². The molecule has 0 aliphatic heterocycles. The average molecular weight is 366 g/mol. The van der Waals surface area contributed by atoms with Gasteiger partial charge in [-0.1, -0.05) is 32.0 Å². The van der Waals surface area contributed by atoms with Gasteiger partial charge in [0.2, 0.25) is 11.7 Å². The van der Waals surface area contributed by atoms with Crippen LogP contribution in [-0.2, 0) is 14.4 Å². The molecule has 0 aliphatic rings. The van der Waals surface area contributed by atoms with Gasteiger partial charge in [0, 0.05) is 18.4 Å². The summed E-state index contributed by atoms with van der Waals surface area (Å²) in [6, 6.07) is 9.06. The Bertz CT molecular complexity index is 603. The van der Waals surface area contributed by atoms with E-state index >= 15 is 0 Å². The predicted octanol–water partition coefficient (Wildman–Crippen LogP) is -0.364. The van der Waals surface area contributed by atoms with Gasteiger partial charge in [0.15, 0.2) is 0 Å². The maximum absolute atomic E-state index is 11.7. The molecule has 26 heavy (non-hydrogen) atoms. The number of carbonyl (C=O) groups excluding carboxylic acids is 3. The zero-order valence-corrected chi connectivity index (χ0v) is 15.0. The monoisotopic (exact) mass is 366 g/mol. The molecule has 0 saturated carbocycles. The summed E-state index contributed by atoms with van der Waals surface area (Å²) in [6.07, 6.45) is -1.60. The number of rotatable bonds is 11. The van der Waals surface area contributed by atoms with Crippen molar-refractivity contribution in [3.63, 3.8) is 0 Å². The van der Waals surface area contributed by atoms with E-state index in [9.17, 15) is 19.5 Å². The van der Waals surface area contributed by atoms with Crippen molar-refractivity contribution in [2.75, 3.05) is 26.3 Å². The lowest BCUT2D eigenvalue weighted by Crippen LogP contribution is -2.46. The molecule has 8 heteroatoms. The number of aliphatic hydroxyl groups is 2. The number of para-hydroxylation sites is 1. The number of nitrogens with one attached hydrogen (secondary N) is 2. The molecule has 1 atom stereocenters. The zero-order chi connectivity index (χ0) is 19.6. The average Bonchev–Trinajstić information content (AvgIpc) is 2.64. The molecule has 0 spiro atoms. The zero-order valence-electron chi connectivity index (χ0n) is 15.0. The first-order valence-corrected chi connectivity index (χ1v) is 8.33. The minimum absolute atomic E-state index is 0.0792. The summed E-state index contributed by atoms with van der Waals surface area (Å²) in [4.78, 5) is 35.1. The first-order valence-electron chi connectivity index (χ1n) is 8.33. The Balaban J connectivity index is 2.22. The van der Waals surface area contributed by atoms with E-state index in [1.54, 1.807) is 12.1 Å². The molecule has 0 bridgehead atoms. The molecule has 0 saturated heterocycles. The highest BCUT2D eigenvalue weighted by molar-refractivity contribution is 6.36. The minimum atomic E-state index is -1.41. The fraction of sp³-hybridized carbons (Fsp3) is 0.500. The van der Waals surface area contributed by atoms with Crippen molar-refractivity contribution in [1.29, 1.82) is 0 Å². The van der Waals surface area contributed by atoms with Crippen molar-refractivity contribution >= 4 is 17.6 Å². The van der Waals surface area contributed by atoms with Gasteiger partial charge in [-0.15, -0.1) is 0 Å². The molecule has 1 aromatic carbocycles. The number of carbonyl (C=O) groups is 3. The van der Waals surface area contributed by atoms with E-state index in [0.717, 1.165) is 0 Å². The second-order valence-corrected chi connectivity index (χ2v) is 6.43. The van der Waals surface area contributed by atoms with E-state index in [4.69, 9.17) is 9.84 Å². The van der Waals surface area contributed by atoms with E-state index in [1.165, 1.54) is 13.8 Å². The smallest absolute Gasteiger partial charge is 0.287 e. The van der Waals surface area contributed by atoms with Crippen LogP contribution in [0.1, 0.15) is 20.3 Å². The molecule has 0 radical (unpaired) electrons. The molecular weight excluding hydrogens is 340 g/mol. The topological polar surface area (TPSA) is 125 Å². The van der Waals surface area contributed by atoms with Gasteiger partial charge in [-0.05, 0) is 12.1 Å². The van der Waals surface area contributed by atoms with Crippen molar-refractivity contribution in [1.82, 2.24) is 10.6 Å². The molecule has 0 aromatic heterocycles. The van der Waals surface area contributed by atoms with Crippen LogP contribution < -0.4 is 15.4 Å². The Morgan fingerprint density at radius 3 is 2.38 bits per heavy atom. The van der Waals surface area contributed by atoms with Crippen molar-refractivity contribution in [3.05, 3.63) is 30.3 Å². The van der Waals surface area contributed by atoms with Crippen LogP contribution in [0.25, 0.3) is 0 Å². The number of hydrogen-bond acceptors (Lipinski definition) is 6. The molecule has 0 heterocycles. The van der Waals surface area contributed by atoms with Gasteiger partial charge in [-0.25, -0.2) is 0 Å². The van der Waals surface area contributed by atoms with Gasteiger partial charge in [0.25, 0.3) is 5.91 Å². The minimum Gasteiger partial charge on any atom is -0.492 e. The van der Waals surface area contributed by atoms with Gasteiger partial charge < -0.3 is 25.6 Å². The normalized spacial score (nSPS) is 12.2. The Morgan fingerprint density at radius 2 is 1.77 bits per heavy atom. The number of amides is 2. The van der Waals surface area contributed by atoms with Crippen molar-refractivity contribution in [2.45, 2.75) is 26.4 Å². The third-order valence-corrected chi connectivity index (χ3v) is 3.70. The van der Waals surface area contributed by atoms with Crippen LogP contribution in [0.15, 0.2) is 30.3 Å². The van der Waals surface area contributed by atoms with Gasteiger partial charge in [-0.3, -0.25) is 14.4 Å². The highest BCUT2D eigenvalue weighted by atomic mass is 16.5. The fourth-order valence-corrected chi connectivity index (χ4v) is 1.90. The molecule has 2 amide bonds. The predicted molar refractivity (Wildman–Crippen MR) is 94.5 cm³/mol. The molecule has 0 aliphatic carbocycles. The first kappa shape index (κ1) is 21.6. The molecule has 4 N–H and O–H groups in total. The van der Waals surface area contributed by atoms with E-state index in [0.29, 0.717) is 5.75 Å². The Morgan fingerprint density at radius 1 is 1.12 bits per heavy atom. The lowest BCUT2D eigenvalue weighted by Gasteiger charge is -2.27. The Kier molecular flexibility index (Phi) is 8.74. The van der Waals surface area contributed by atoms with Crippen LogP contribution in [0.3, 0.4) is 0 Å². The quantitative estimate of drug-likeness (QED) is 0.313. The fourth-order valence-electron chi connectivity index (χ4n) is 1.90. The molecule has 0 fully saturated rings. The third kappa shape index (κ3) is 7.20. The largest absolute Gasteiger partial charge is 0.492 e. The first-order chi connectivity index (χ1) is 12.3. The summed E-state index contributed by atoms with van der Waals surface area (Å²) < 4.78 is 5.39. The lowest BCUT2D eigenvalue weighted by molar-refractivity contribution is -0.139. The van der Waals surface area contributed by atoms with E-state index in [-0.39, 0.29) is 32.7 Å². The molecule has 1 aromatic rings. The number of benzene rings is 1. The Labute approximate surface area is 152 Å². The molecule has 8 nitrogen and oxygen atoms in total. The summed E-state index contributed by atoms with van der Waals surface area (Å²) in [5.74, 6) is -1.47. The van der Waals surface area contributed by atoms with Crippen LogP contribution in [0, 0.1) is 5.41 Å². The molecule has 0 unspecified atom stereocenters. The van der Waals surface area contributed by atoms with E-state index in [1.807, 2.05) is 18.2 Å². The summed E-state index contributed by atoms with van der Waals surface area (Å²) in [6.45, 7) is 3.02. The maximum Gasteiger partial charge on any atom is 0.287 e. The molecule has 1 rings (SSSR count). The standard InChI is InChI=1S/C18H26N2O6/c1-18(2,12-21)15(23)17(25)19-9-8-14(22)16(24)20-10-11-26-13-6-4-3-5-7-13/h3-7,15,21,23H,8-12H2,1-2H3,(H,19,25)(H,20,24)/t15-/m0/s1. The second-order valence-electron chi connectivity index (χ2n) is 6.43. The van der Waals surface area contributed by atoms with Crippen molar-refractivity contribution < 1.29 is 29.3 Å². The number of Topliss-reactive ketones (excluding diaryl/α,β-unsaturated/α-hetero) is 1. The SMILES string of the molecule is CC(C)(CO)[C@@H](O)C(=O)NCCC(=O)C(=O)NCCOc1ccccc1. The number of ether oxygens (including phenoxy) is 1. The van der Waals surface area contributed by atoms with Crippen LogP contribution in [0.2, 0.25) is 0 Å². The van der Waals surface area contributed by atoms with Gasteiger partial charge >= 0.3 is 0 Å². The molecule has 144 valence electrons. The lowest BCUT2D eigenvalue weighted by atomic mass is 9.87. The summed E-state index contributed by atoms with van der Waals surface area (Å²) in [5, 5.41) is 23.7. The maximum atomic E-state index is 11.7. The van der Waals surface area contributed by atoms with Crippen LogP contribution in [0.5, 0.6) is 5.75 Å². The number of aliphatic hydroxyl groups excluding tert-OH is 2. The van der Waals surface area contributed by atoms with E-state index < -0.39 is 29.1 Å². The number of ketones is 1. The highest BCUT2D eigenvalue weighted by Gasteiger charge is 2.32. The second kappa shape index (κ2) is 10.5. The van der Waals surface area contributed by atoms with Crippen molar-refractivity contribution in [2.24, 2.45) is 5.41 Å². The van der Waals surface area contributed by atoms with Gasteiger partial charge in [0.1, 0.15) is 18.5 Å². The van der Waals surface area contributed by atoms with Crippen molar-refractivity contribution in [3.8, 4) is 5.75 Å². The summed E-state index contributed by atoms with van der Waals surface area (Å²) >= 11 is 0. The summed E-state index contributed by atoms with van der Waals surface area (Å²) in [5.41, 5.74) is -0.996. The summed E-state index contributed by atoms with van der Waals surface area (Å²) in [7, 11) is 0. The van der Waals surface area contributed by atoms with Gasteiger partial charge in [-0.2, -0.15) is 0 Å². The number of hydrogen-bond donors (Lipinski definition) is 4. The Hall–Kier alpha value is -2.45. The highest BCUT2D eigenvalue weighted by Crippen LogP contribution is 2.19. The molecular formula is C18H26N2O6. The van der Waals surface area contributed by atoms with Gasteiger partial charge in [0.05, 0.1) is 13.2 Å². The van der Waals surface area contributed by atoms with Crippen LogP contribution >= 0.6 is 0 Å². The third-order valence-electron chi connectivity index (χ3n) is 3.70.